The van der Waals surface area contributed by atoms with Gasteiger partial charge in [-0.1, -0.05) is 35.9 Å². The number of ether oxygens (including phenoxy) is 1. The predicted octanol–water partition coefficient (Wildman–Crippen LogP) is 2.99. The van der Waals surface area contributed by atoms with Gasteiger partial charge in [0.25, 0.3) is 5.91 Å². The first kappa shape index (κ1) is 17.5. The third kappa shape index (κ3) is 2.59. The highest BCUT2D eigenvalue weighted by atomic mass is 35.5. The molecule has 4 rings (SSSR count). The van der Waals surface area contributed by atoms with E-state index in [2.05, 4.69) is 0 Å². The zero-order valence-electron chi connectivity index (χ0n) is 14.6. The minimum atomic E-state index is -1.46. The summed E-state index contributed by atoms with van der Waals surface area (Å²) in [5.74, 6) is -1.14. The number of esters is 1. The highest BCUT2D eigenvalue weighted by molar-refractivity contribution is 6.30. The van der Waals surface area contributed by atoms with Crippen LogP contribution >= 0.6 is 11.6 Å². The summed E-state index contributed by atoms with van der Waals surface area (Å²) in [6.07, 6.45) is 0.356. The van der Waals surface area contributed by atoms with Gasteiger partial charge in [0.2, 0.25) is 11.6 Å². The molecule has 1 atom stereocenters. The third-order valence-corrected chi connectivity index (χ3v) is 5.36. The normalized spacial score (nSPS) is 21.1. The molecule has 7 heteroatoms. The van der Waals surface area contributed by atoms with Gasteiger partial charge in [-0.3, -0.25) is 14.5 Å². The van der Waals surface area contributed by atoms with Crippen molar-refractivity contribution in [3.8, 4) is 0 Å². The van der Waals surface area contributed by atoms with Crippen LogP contribution in [0.4, 0.5) is 5.69 Å². The van der Waals surface area contributed by atoms with Crippen molar-refractivity contribution in [1.29, 1.82) is 0 Å². The zero-order valence-corrected chi connectivity index (χ0v) is 15.4. The molecule has 138 valence electrons. The number of likely N-dealkylation sites (N-methyl/N-ethyl adjacent to an activating group) is 1. The molecule has 2 heterocycles. The summed E-state index contributed by atoms with van der Waals surface area (Å²) in [6.45, 7) is 0.00680. The zero-order chi connectivity index (χ0) is 19.2. The van der Waals surface area contributed by atoms with Crippen LogP contribution in [-0.4, -0.2) is 35.4 Å². The summed E-state index contributed by atoms with van der Waals surface area (Å²) in [5.41, 5.74) is 0.116. The topological polar surface area (TPSA) is 66.9 Å². The Morgan fingerprint density at radius 3 is 2.74 bits per heavy atom. The molecule has 1 fully saturated rings. The second-order valence-electron chi connectivity index (χ2n) is 6.63. The molecule has 0 aliphatic carbocycles. The fourth-order valence-electron chi connectivity index (χ4n) is 3.78. The van der Waals surface area contributed by atoms with E-state index in [0.29, 0.717) is 16.3 Å². The Morgan fingerprint density at radius 2 is 1.96 bits per heavy atom. The van der Waals surface area contributed by atoms with Crippen molar-refractivity contribution >= 4 is 35.1 Å². The van der Waals surface area contributed by atoms with Crippen molar-refractivity contribution in [3.63, 3.8) is 0 Å². The summed E-state index contributed by atoms with van der Waals surface area (Å²) >= 11 is 5.97. The Hall–Kier alpha value is -2.86. The fourth-order valence-corrected chi connectivity index (χ4v) is 3.99. The van der Waals surface area contributed by atoms with E-state index in [1.807, 2.05) is 0 Å². The van der Waals surface area contributed by atoms with Crippen molar-refractivity contribution in [1.82, 2.24) is 4.90 Å². The molecule has 2 aromatic rings. The average Bonchev–Trinajstić information content (AvgIpc) is 3.03. The van der Waals surface area contributed by atoms with Crippen molar-refractivity contribution in [2.24, 2.45) is 0 Å². The number of fused-ring (bicyclic) bond motifs is 3. The van der Waals surface area contributed by atoms with E-state index in [9.17, 15) is 14.4 Å². The Labute approximate surface area is 161 Å². The van der Waals surface area contributed by atoms with Crippen molar-refractivity contribution in [2.75, 3.05) is 11.9 Å². The molecule has 0 spiro atoms. The lowest BCUT2D eigenvalue weighted by Gasteiger charge is -2.46. The molecule has 0 unspecified atom stereocenters. The molecule has 0 saturated carbocycles. The number of carbonyl (C=O) groups excluding carboxylic acids is 3. The van der Waals surface area contributed by atoms with Gasteiger partial charge >= 0.3 is 5.97 Å². The van der Waals surface area contributed by atoms with Crippen molar-refractivity contribution in [2.45, 2.75) is 25.1 Å². The van der Waals surface area contributed by atoms with Gasteiger partial charge in [0.15, 0.2) is 0 Å². The number of para-hydroxylation sites is 1. The predicted molar refractivity (Wildman–Crippen MR) is 99.2 cm³/mol. The van der Waals surface area contributed by atoms with Gasteiger partial charge in [-0.05, 0) is 29.8 Å². The van der Waals surface area contributed by atoms with Gasteiger partial charge in [-0.2, -0.15) is 0 Å². The van der Waals surface area contributed by atoms with Crippen LogP contribution in [0.25, 0.3) is 0 Å². The maximum Gasteiger partial charge on any atom is 0.354 e. The molecule has 0 bridgehead atoms. The molecular weight excluding hydrogens is 368 g/mol. The standard InChI is InChI=1S/C20H17ClN2O4/c1-22-18(25)15-7-2-3-8-16(15)23-17(24)9-10-20(22,23)19(26)27-12-13-5-4-6-14(21)11-13/h2-8,11H,9-10,12H2,1H3/t20-/m1/s1. The SMILES string of the molecule is CN1C(=O)c2ccccc2N2C(=O)CC[C@@]12C(=O)OCc1cccc(Cl)c1. The van der Waals surface area contributed by atoms with Crippen LogP contribution in [0.15, 0.2) is 48.5 Å². The number of hydrogen-bond acceptors (Lipinski definition) is 4. The number of anilines is 1. The van der Waals surface area contributed by atoms with Gasteiger partial charge < -0.3 is 9.64 Å². The smallest absolute Gasteiger partial charge is 0.354 e. The van der Waals surface area contributed by atoms with Crippen LogP contribution in [0.5, 0.6) is 0 Å². The van der Waals surface area contributed by atoms with Gasteiger partial charge in [0.1, 0.15) is 6.61 Å². The maximum absolute atomic E-state index is 13.1. The number of benzene rings is 2. The van der Waals surface area contributed by atoms with Gasteiger partial charge in [-0.25, -0.2) is 4.79 Å². The van der Waals surface area contributed by atoms with Gasteiger partial charge in [-0.15, -0.1) is 0 Å². The van der Waals surface area contributed by atoms with Gasteiger partial charge in [0.05, 0.1) is 11.3 Å². The first-order valence-electron chi connectivity index (χ1n) is 8.57. The molecule has 2 aromatic carbocycles. The van der Waals surface area contributed by atoms with E-state index < -0.39 is 11.6 Å². The van der Waals surface area contributed by atoms with Crippen LogP contribution in [0.1, 0.15) is 28.8 Å². The summed E-state index contributed by atoms with van der Waals surface area (Å²) in [5, 5.41) is 0.540. The Balaban J connectivity index is 1.70. The van der Waals surface area contributed by atoms with E-state index >= 15 is 0 Å². The minimum absolute atomic E-state index is 0.00680. The van der Waals surface area contributed by atoms with Crippen molar-refractivity contribution < 1.29 is 19.1 Å². The number of nitrogens with zero attached hydrogens (tertiary/aromatic N) is 2. The molecule has 6 nitrogen and oxygen atoms in total. The number of rotatable bonds is 3. The number of halogens is 1. The van der Waals surface area contributed by atoms with E-state index in [0.717, 1.165) is 5.56 Å². The Morgan fingerprint density at radius 1 is 1.19 bits per heavy atom. The highest BCUT2D eigenvalue weighted by Crippen LogP contribution is 2.44. The number of carbonyl (C=O) groups is 3. The molecule has 2 aliphatic heterocycles. The van der Waals surface area contributed by atoms with Crippen LogP contribution in [0, 0.1) is 0 Å². The van der Waals surface area contributed by atoms with Crippen LogP contribution < -0.4 is 4.90 Å². The number of hydrogen-bond donors (Lipinski definition) is 0. The summed E-state index contributed by atoms with van der Waals surface area (Å²) in [6, 6.07) is 13.8. The first-order chi connectivity index (χ1) is 12.9. The molecule has 0 N–H and O–H groups in total. The van der Waals surface area contributed by atoms with Crippen molar-refractivity contribution in [3.05, 3.63) is 64.7 Å². The quantitative estimate of drug-likeness (QED) is 0.763. The largest absolute Gasteiger partial charge is 0.458 e. The second-order valence-corrected chi connectivity index (χ2v) is 7.07. The lowest BCUT2D eigenvalue weighted by molar-refractivity contribution is -0.157. The summed E-state index contributed by atoms with van der Waals surface area (Å²) in [7, 11) is 1.53. The molecule has 2 amide bonds. The average molecular weight is 385 g/mol. The Kier molecular flexibility index (Phi) is 4.15. The van der Waals surface area contributed by atoms with E-state index in [4.69, 9.17) is 16.3 Å². The van der Waals surface area contributed by atoms with Gasteiger partial charge in [0, 0.05) is 24.9 Å². The monoisotopic (exact) mass is 384 g/mol. The van der Waals surface area contributed by atoms with Crippen LogP contribution in [0.3, 0.4) is 0 Å². The molecule has 27 heavy (non-hydrogen) atoms. The maximum atomic E-state index is 13.1. The molecule has 2 aliphatic rings. The highest BCUT2D eigenvalue weighted by Gasteiger charge is 2.60. The van der Waals surface area contributed by atoms with Crippen LogP contribution in [-0.2, 0) is 20.9 Å². The second kappa shape index (κ2) is 6.39. The summed E-state index contributed by atoms with van der Waals surface area (Å²) in [4.78, 5) is 41.3. The molecular formula is C20H17ClN2O4. The van der Waals surface area contributed by atoms with E-state index in [1.165, 1.54) is 16.8 Å². The first-order valence-corrected chi connectivity index (χ1v) is 8.95. The minimum Gasteiger partial charge on any atom is -0.458 e. The lowest BCUT2D eigenvalue weighted by Crippen LogP contribution is -2.67. The summed E-state index contributed by atoms with van der Waals surface area (Å²) < 4.78 is 5.52. The van der Waals surface area contributed by atoms with Crippen LogP contribution in [0.2, 0.25) is 5.02 Å². The van der Waals surface area contributed by atoms with E-state index in [1.54, 1.807) is 48.5 Å². The number of amides is 2. The molecule has 1 saturated heterocycles. The molecule has 0 radical (unpaired) electrons. The fraction of sp³-hybridized carbons (Fsp3) is 0.250. The Bertz CT molecular complexity index is 961. The van der Waals surface area contributed by atoms with E-state index in [-0.39, 0.29) is 31.3 Å². The lowest BCUT2D eigenvalue weighted by atomic mass is 9.97. The molecule has 0 aromatic heterocycles. The third-order valence-electron chi connectivity index (χ3n) is 5.13.